The lowest BCUT2D eigenvalue weighted by atomic mass is 10.2. The number of alkyl halides is 3. The molecule has 2 rings (SSSR count). The third-order valence-electron chi connectivity index (χ3n) is 2.32. The van der Waals surface area contributed by atoms with Crippen molar-refractivity contribution in [3.05, 3.63) is 47.7 Å². The van der Waals surface area contributed by atoms with Gasteiger partial charge in [-0.1, -0.05) is 0 Å². The predicted octanol–water partition coefficient (Wildman–Crippen LogP) is 3.75. The second-order valence-electron chi connectivity index (χ2n) is 3.78. The summed E-state index contributed by atoms with van der Waals surface area (Å²) in [5.41, 5.74) is 4.27. The molecule has 0 unspecified atom stereocenters. The molecule has 0 bridgehead atoms. The molecule has 0 aliphatic heterocycles. The van der Waals surface area contributed by atoms with Crippen molar-refractivity contribution in [3.8, 4) is 11.5 Å². The van der Waals surface area contributed by atoms with E-state index in [4.69, 9.17) is 10.5 Å². The predicted molar refractivity (Wildman–Crippen MR) is 60.1 cm³/mol. The van der Waals surface area contributed by atoms with Crippen molar-refractivity contribution in [2.45, 2.75) is 6.18 Å². The van der Waals surface area contributed by atoms with E-state index in [0.717, 1.165) is 12.1 Å². The van der Waals surface area contributed by atoms with Crippen molar-refractivity contribution in [3.63, 3.8) is 0 Å². The number of nitrogens with two attached hydrogens (primary N) is 1. The van der Waals surface area contributed by atoms with E-state index in [1.165, 1.54) is 0 Å². The molecule has 1 aromatic heterocycles. The number of anilines is 1. The summed E-state index contributed by atoms with van der Waals surface area (Å²) in [6.45, 7) is 0. The third-order valence-corrected chi connectivity index (χ3v) is 2.32. The zero-order valence-electron chi connectivity index (χ0n) is 9.71. The molecule has 20 heavy (non-hydrogen) atoms. The molecule has 106 valence electrons. The number of hydrogen-bond acceptors (Lipinski definition) is 3. The summed E-state index contributed by atoms with van der Waals surface area (Å²) in [5.74, 6) is -3.18. The van der Waals surface area contributed by atoms with Gasteiger partial charge in [-0.05, 0) is 18.2 Å². The summed E-state index contributed by atoms with van der Waals surface area (Å²) in [6, 6.07) is 2.96. The van der Waals surface area contributed by atoms with Crippen molar-refractivity contribution in [2.75, 3.05) is 5.73 Å². The number of nitrogens with zero attached hydrogens (tertiary/aromatic N) is 1. The Kier molecular flexibility index (Phi) is 3.47. The molecule has 1 aromatic carbocycles. The zero-order valence-corrected chi connectivity index (χ0v) is 9.71. The van der Waals surface area contributed by atoms with Crippen LogP contribution in [-0.2, 0) is 6.18 Å². The Bertz CT molecular complexity index is 642. The quantitative estimate of drug-likeness (QED) is 0.857. The first-order valence-corrected chi connectivity index (χ1v) is 5.23. The average molecular weight is 290 g/mol. The molecule has 3 nitrogen and oxygen atoms in total. The number of rotatable bonds is 2. The van der Waals surface area contributed by atoms with E-state index in [9.17, 15) is 22.0 Å². The monoisotopic (exact) mass is 290 g/mol. The van der Waals surface area contributed by atoms with Crippen molar-refractivity contribution < 1.29 is 26.7 Å². The summed E-state index contributed by atoms with van der Waals surface area (Å²) >= 11 is 0. The highest BCUT2D eigenvalue weighted by molar-refractivity contribution is 5.49. The Morgan fingerprint density at radius 2 is 1.75 bits per heavy atom. The average Bonchev–Trinajstić information content (AvgIpc) is 2.33. The second-order valence-corrected chi connectivity index (χ2v) is 3.78. The number of hydrogen-bond donors (Lipinski definition) is 1. The first-order chi connectivity index (χ1) is 9.27. The molecule has 1 heterocycles. The van der Waals surface area contributed by atoms with Crippen molar-refractivity contribution in [2.24, 2.45) is 0 Å². The van der Waals surface area contributed by atoms with Gasteiger partial charge in [0.2, 0.25) is 0 Å². The Labute approximate surface area is 109 Å². The summed E-state index contributed by atoms with van der Waals surface area (Å²) < 4.78 is 68.5. The number of nitrogen functional groups attached to an aromatic ring is 1. The van der Waals surface area contributed by atoms with E-state index < -0.39 is 34.9 Å². The molecule has 0 saturated carbocycles. The molecule has 8 heteroatoms. The molecule has 0 saturated heterocycles. The molecular weight excluding hydrogens is 283 g/mol. The first kappa shape index (κ1) is 14.0. The Morgan fingerprint density at radius 1 is 1.05 bits per heavy atom. The molecule has 2 N–H and O–H groups in total. The smallest absolute Gasteiger partial charge is 0.418 e. The molecule has 2 aromatic rings. The maximum atomic E-state index is 13.4. The van der Waals surface area contributed by atoms with E-state index in [0.29, 0.717) is 18.3 Å². The molecule has 0 fully saturated rings. The number of pyridine rings is 1. The highest BCUT2D eigenvalue weighted by atomic mass is 19.4. The minimum atomic E-state index is -4.64. The number of halogens is 5. The van der Waals surface area contributed by atoms with Gasteiger partial charge in [0, 0.05) is 12.3 Å². The number of ether oxygens (including phenoxy) is 1. The first-order valence-electron chi connectivity index (χ1n) is 5.23. The van der Waals surface area contributed by atoms with Gasteiger partial charge in [0.15, 0.2) is 23.1 Å². The minimum absolute atomic E-state index is 0.346. The Balaban J connectivity index is 2.38. The van der Waals surface area contributed by atoms with Crippen LogP contribution in [0.5, 0.6) is 11.5 Å². The topological polar surface area (TPSA) is 48.1 Å². The molecular formula is C12H7F5N2O. The van der Waals surface area contributed by atoms with Gasteiger partial charge in [0.25, 0.3) is 0 Å². The largest absolute Gasteiger partial charge is 0.450 e. The van der Waals surface area contributed by atoms with E-state index in [-0.39, 0.29) is 5.82 Å². The number of benzene rings is 1. The van der Waals surface area contributed by atoms with Crippen molar-refractivity contribution in [1.82, 2.24) is 4.98 Å². The minimum Gasteiger partial charge on any atom is -0.450 e. The Morgan fingerprint density at radius 3 is 2.35 bits per heavy atom. The zero-order chi connectivity index (χ0) is 14.9. The third kappa shape index (κ3) is 2.95. The van der Waals surface area contributed by atoms with Crippen LogP contribution in [0.3, 0.4) is 0 Å². The molecule has 0 amide bonds. The van der Waals surface area contributed by atoms with Crippen LogP contribution in [0.15, 0.2) is 30.5 Å². The van der Waals surface area contributed by atoms with Crippen molar-refractivity contribution >= 4 is 5.82 Å². The SMILES string of the molecule is Nc1ncc(C(F)(F)F)cc1Oc1ccc(F)cc1F. The summed E-state index contributed by atoms with van der Waals surface area (Å²) in [5, 5.41) is 0. The van der Waals surface area contributed by atoms with Gasteiger partial charge in [0.05, 0.1) is 5.56 Å². The van der Waals surface area contributed by atoms with Gasteiger partial charge in [-0.15, -0.1) is 0 Å². The highest BCUT2D eigenvalue weighted by Crippen LogP contribution is 2.35. The van der Waals surface area contributed by atoms with Gasteiger partial charge >= 0.3 is 6.18 Å². The molecule has 0 radical (unpaired) electrons. The second kappa shape index (κ2) is 4.95. The summed E-state index contributed by atoms with van der Waals surface area (Å²) in [7, 11) is 0. The van der Waals surface area contributed by atoms with Crippen LogP contribution in [0.1, 0.15) is 5.56 Å². The van der Waals surface area contributed by atoms with Gasteiger partial charge in [-0.25, -0.2) is 13.8 Å². The lowest BCUT2D eigenvalue weighted by Gasteiger charge is -2.11. The number of aromatic nitrogens is 1. The van der Waals surface area contributed by atoms with E-state index >= 15 is 0 Å². The standard InChI is InChI=1S/C12H7F5N2O/c13-7-1-2-9(8(14)4-7)20-10-3-6(12(15,16)17)5-19-11(10)18/h1-5H,(H2,18,19). The van der Waals surface area contributed by atoms with Crippen LogP contribution in [0, 0.1) is 11.6 Å². The van der Waals surface area contributed by atoms with E-state index in [1.54, 1.807) is 0 Å². The normalized spacial score (nSPS) is 11.4. The fourth-order valence-electron chi connectivity index (χ4n) is 1.37. The van der Waals surface area contributed by atoms with Crippen LogP contribution in [0.25, 0.3) is 0 Å². The van der Waals surface area contributed by atoms with Crippen LogP contribution in [0.2, 0.25) is 0 Å². The van der Waals surface area contributed by atoms with Crippen LogP contribution in [0.4, 0.5) is 27.8 Å². The lowest BCUT2D eigenvalue weighted by Crippen LogP contribution is -2.07. The van der Waals surface area contributed by atoms with Gasteiger partial charge in [0.1, 0.15) is 5.82 Å². The molecule has 0 spiro atoms. The van der Waals surface area contributed by atoms with Crippen LogP contribution in [-0.4, -0.2) is 4.98 Å². The van der Waals surface area contributed by atoms with Gasteiger partial charge in [-0.2, -0.15) is 13.2 Å². The summed E-state index contributed by atoms with van der Waals surface area (Å²) in [4.78, 5) is 3.33. The van der Waals surface area contributed by atoms with Crippen LogP contribution < -0.4 is 10.5 Å². The van der Waals surface area contributed by atoms with Crippen LogP contribution >= 0.6 is 0 Å². The van der Waals surface area contributed by atoms with E-state index in [2.05, 4.69) is 4.98 Å². The maximum absolute atomic E-state index is 13.4. The molecule has 0 atom stereocenters. The molecule has 0 aliphatic carbocycles. The van der Waals surface area contributed by atoms with Gasteiger partial charge in [-0.3, -0.25) is 0 Å². The maximum Gasteiger partial charge on any atom is 0.418 e. The highest BCUT2D eigenvalue weighted by Gasteiger charge is 2.32. The van der Waals surface area contributed by atoms with Crippen molar-refractivity contribution in [1.29, 1.82) is 0 Å². The van der Waals surface area contributed by atoms with E-state index in [1.807, 2.05) is 0 Å². The lowest BCUT2D eigenvalue weighted by molar-refractivity contribution is -0.137. The molecule has 0 aliphatic rings. The van der Waals surface area contributed by atoms with Gasteiger partial charge < -0.3 is 10.5 Å². The fourth-order valence-corrected chi connectivity index (χ4v) is 1.37. The Hall–Kier alpha value is -2.38. The summed E-state index contributed by atoms with van der Waals surface area (Å²) in [6.07, 6.45) is -4.11. The fraction of sp³-hybridized carbons (Fsp3) is 0.0833.